The van der Waals surface area contributed by atoms with Crippen molar-refractivity contribution in [2.75, 3.05) is 0 Å². The summed E-state index contributed by atoms with van der Waals surface area (Å²) in [5.74, 6) is 0.231. The zero-order chi connectivity index (χ0) is 22.0. The van der Waals surface area contributed by atoms with Crippen molar-refractivity contribution in [2.24, 2.45) is 22.7 Å². The van der Waals surface area contributed by atoms with Crippen LogP contribution in [0.4, 0.5) is 0 Å². The van der Waals surface area contributed by atoms with Crippen molar-refractivity contribution in [3.05, 3.63) is 64.8 Å². The van der Waals surface area contributed by atoms with E-state index in [4.69, 9.17) is 0 Å². The summed E-state index contributed by atoms with van der Waals surface area (Å²) in [5, 5.41) is 16.8. The zero-order valence-electron chi connectivity index (χ0n) is 18.9. The fourth-order valence-electron chi connectivity index (χ4n) is 5.73. The molecule has 1 unspecified atom stereocenters. The van der Waals surface area contributed by atoms with Crippen LogP contribution in [-0.2, 0) is 17.3 Å². The summed E-state index contributed by atoms with van der Waals surface area (Å²) in [5.41, 5.74) is 6.78. The van der Waals surface area contributed by atoms with Crippen molar-refractivity contribution in [3.63, 3.8) is 0 Å². The first-order valence-electron chi connectivity index (χ1n) is 11.0. The molecule has 5 rings (SSSR count). The second kappa shape index (κ2) is 6.74. The highest BCUT2D eigenvalue weighted by atomic mass is 16.1. The van der Waals surface area contributed by atoms with Gasteiger partial charge in [-0.3, -0.25) is 9.48 Å². The van der Waals surface area contributed by atoms with Gasteiger partial charge in [0.25, 0.3) is 0 Å². The summed E-state index contributed by atoms with van der Waals surface area (Å²) in [6, 6.07) is 8.59. The Labute approximate surface area is 183 Å². The first-order chi connectivity index (χ1) is 14.7. The van der Waals surface area contributed by atoms with Crippen molar-refractivity contribution in [1.29, 1.82) is 0 Å². The SMILES string of the molecule is CC[C@]1(c2cccc(-c3cn(C)nc3C)c2)C2=CN=NC2NC2=C1C(=O)CC(C)(C)C2. The molecule has 1 N–H and O–H groups in total. The first-order valence-corrected chi connectivity index (χ1v) is 11.0. The molecule has 1 aliphatic carbocycles. The molecule has 3 aliphatic rings. The minimum Gasteiger partial charge on any atom is -0.362 e. The third-order valence-electron chi connectivity index (χ3n) is 6.99. The van der Waals surface area contributed by atoms with Crippen molar-refractivity contribution in [3.8, 4) is 11.1 Å². The van der Waals surface area contributed by atoms with Crippen LogP contribution in [0.25, 0.3) is 11.1 Å². The highest BCUT2D eigenvalue weighted by Gasteiger charge is 2.52. The van der Waals surface area contributed by atoms with Gasteiger partial charge in [0, 0.05) is 42.1 Å². The van der Waals surface area contributed by atoms with Crippen molar-refractivity contribution >= 4 is 5.78 Å². The maximum absolute atomic E-state index is 13.6. The van der Waals surface area contributed by atoms with Crippen LogP contribution in [0.5, 0.6) is 0 Å². The Morgan fingerprint density at radius 2 is 2.06 bits per heavy atom. The Balaban J connectivity index is 1.74. The number of fused-ring (bicyclic) bond motifs is 1. The van der Waals surface area contributed by atoms with Gasteiger partial charge in [0.15, 0.2) is 11.9 Å². The normalized spacial score (nSPS) is 26.4. The number of nitrogens with one attached hydrogen (secondary N) is 1. The van der Waals surface area contributed by atoms with E-state index in [0.717, 1.165) is 52.1 Å². The van der Waals surface area contributed by atoms with E-state index in [-0.39, 0.29) is 17.4 Å². The van der Waals surface area contributed by atoms with Crippen LogP contribution in [0, 0.1) is 12.3 Å². The van der Waals surface area contributed by atoms with E-state index in [2.05, 4.69) is 71.9 Å². The van der Waals surface area contributed by atoms with E-state index in [1.165, 1.54) is 0 Å². The lowest BCUT2D eigenvalue weighted by Crippen LogP contribution is -2.51. The number of azo groups is 1. The molecule has 0 fully saturated rings. The predicted molar refractivity (Wildman–Crippen MR) is 120 cm³/mol. The molecule has 0 bridgehead atoms. The molecular weight excluding hydrogens is 386 g/mol. The summed E-state index contributed by atoms with van der Waals surface area (Å²) < 4.78 is 1.85. The van der Waals surface area contributed by atoms with E-state index in [0.29, 0.717) is 6.42 Å². The molecule has 2 aliphatic heterocycles. The van der Waals surface area contributed by atoms with Crippen molar-refractivity contribution in [2.45, 2.75) is 58.5 Å². The molecule has 1 aromatic heterocycles. The quantitative estimate of drug-likeness (QED) is 0.770. The van der Waals surface area contributed by atoms with Gasteiger partial charge in [0.2, 0.25) is 0 Å². The van der Waals surface area contributed by atoms with E-state index in [9.17, 15) is 4.79 Å². The molecule has 6 heteroatoms. The molecule has 2 atom stereocenters. The number of benzene rings is 1. The van der Waals surface area contributed by atoms with Gasteiger partial charge in [0.05, 0.1) is 17.3 Å². The smallest absolute Gasteiger partial charge is 0.164 e. The van der Waals surface area contributed by atoms with E-state index in [1.807, 2.05) is 24.9 Å². The van der Waals surface area contributed by atoms with E-state index < -0.39 is 5.41 Å². The van der Waals surface area contributed by atoms with Gasteiger partial charge in [-0.2, -0.15) is 15.3 Å². The molecule has 1 aromatic carbocycles. The lowest BCUT2D eigenvalue weighted by molar-refractivity contribution is -0.119. The number of carbonyl (C=O) groups is 1. The highest BCUT2D eigenvalue weighted by Crippen LogP contribution is 2.54. The summed E-state index contributed by atoms with van der Waals surface area (Å²) in [6.07, 6.45) is 5.89. The molecule has 2 aromatic rings. The number of nitrogens with zero attached hydrogens (tertiary/aromatic N) is 4. The third-order valence-corrected chi connectivity index (χ3v) is 6.99. The zero-order valence-corrected chi connectivity index (χ0v) is 18.9. The van der Waals surface area contributed by atoms with Crippen LogP contribution in [0.3, 0.4) is 0 Å². The number of Topliss-reactive ketones (excluding diaryl/α,β-unsaturated/α-hetero) is 1. The van der Waals surface area contributed by atoms with Gasteiger partial charge in [-0.15, -0.1) is 0 Å². The fourth-order valence-corrected chi connectivity index (χ4v) is 5.73. The second-order valence-corrected chi connectivity index (χ2v) is 9.80. The van der Waals surface area contributed by atoms with Crippen LogP contribution in [0.1, 0.15) is 51.3 Å². The summed E-state index contributed by atoms with van der Waals surface area (Å²) >= 11 is 0. The number of aryl methyl sites for hydroxylation is 2. The van der Waals surface area contributed by atoms with Crippen LogP contribution in [0.15, 0.2) is 63.7 Å². The monoisotopic (exact) mass is 415 g/mol. The van der Waals surface area contributed by atoms with Gasteiger partial charge in [0.1, 0.15) is 0 Å². The molecule has 3 heterocycles. The lowest BCUT2D eigenvalue weighted by Gasteiger charge is -2.47. The minimum atomic E-state index is -0.519. The standard InChI is InChI=1S/C25H29N5O/c1-6-25(17-9-7-8-16(10-17)18-14-30(5)29-15(18)2)19-13-26-28-23(19)27-20-11-24(3,4)12-21(31)22(20)25/h7-10,13-14,23,27H,6,11-12H2,1-5H3/t23?,25-/m0/s1. The molecule has 0 amide bonds. The van der Waals surface area contributed by atoms with Crippen molar-refractivity contribution < 1.29 is 4.79 Å². The fraction of sp³-hybridized carbons (Fsp3) is 0.440. The predicted octanol–water partition coefficient (Wildman–Crippen LogP) is 4.97. The summed E-state index contributed by atoms with van der Waals surface area (Å²) in [7, 11) is 1.94. The third kappa shape index (κ3) is 2.92. The highest BCUT2D eigenvalue weighted by molar-refractivity contribution is 6.01. The lowest BCUT2D eigenvalue weighted by atomic mass is 9.58. The van der Waals surface area contributed by atoms with Gasteiger partial charge in [-0.05, 0) is 42.4 Å². The van der Waals surface area contributed by atoms with Gasteiger partial charge >= 0.3 is 0 Å². The van der Waals surface area contributed by atoms with E-state index in [1.54, 1.807) is 0 Å². The van der Waals surface area contributed by atoms with Crippen LogP contribution >= 0.6 is 0 Å². The molecule has 6 nitrogen and oxygen atoms in total. The molecule has 160 valence electrons. The minimum absolute atomic E-state index is 0.0615. The maximum Gasteiger partial charge on any atom is 0.164 e. The Kier molecular flexibility index (Phi) is 4.33. The summed E-state index contributed by atoms with van der Waals surface area (Å²) in [4.78, 5) is 13.6. The largest absolute Gasteiger partial charge is 0.362 e. The Morgan fingerprint density at radius 1 is 1.26 bits per heavy atom. The van der Waals surface area contributed by atoms with Crippen LogP contribution in [0.2, 0.25) is 0 Å². The first kappa shape index (κ1) is 19.9. The second-order valence-electron chi connectivity index (χ2n) is 9.80. The van der Waals surface area contributed by atoms with Crippen LogP contribution in [-0.4, -0.2) is 21.7 Å². The summed E-state index contributed by atoms with van der Waals surface area (Å²) in [6.45, 7) is 8.53. The molecule has 31 heavy (non-hydrogen) atoms. The van der Waals surface area contributed by atoms with Gasteiger partial charge < -0.3 is 5.32 Å². The van der Waals surface area contributed by atoms with Crippen molar-refractivity contribution in [1.82, 2.24) is 15.1 Å². The number of rotatable bonds is 3. The number of ketones is 1. The van der Waals surface area contributed by atoms with Gasteiger partial charge in [-0.1, -0.05) is 39.0 Å². The topological polar surface area (TPSA) is 71.6 Å². The number of carbonyl (C=O) groups excluding carboxylic acids is 1. The average molecular weight is 416 g/mol. The number of hydrogen-bond acceptors (Lipinski definition) is 5. The number of allylic oxidation sites excluding steroid dienone is 2. The van der Waals surface area contributed by atoms with E-state index >= 15 is 0 Å². The molecule has 0 spiro atoms. The maximum atomic E-state index is 13.6. The molecule has 0 saturated carbocycles. The average Bonchev–Trinajstić information content (AvgIpc) is 3.31. The van der Waals surface area contributed by atoms with Crippen LogP contribution < -0.4 is 5.32 Å². The number of aromatic nitrogens is 2. The Hall–Kier alpha value is -3.02. The molecule has 0 saturated heterocycles. The molecular formula is C25H29N5O. The Bertz CT molecular complexity index is 1180. The van der Waals surface area contributed by atoms with Gasteiger partial charge in [-0.25, -0.2) is 0 Å². The number of hydrogen-bond donors (Lipinski definition) is 1. The Morgan fingerprint density at radius 3 is 2.77 bits per heavy atom. The molecule has 0 radical (unpaired) electrons.